The van der Waals surface area contributed by atoms with Gasteiger partial charge in [-0.25, -0.2) is 25.0 Å². The molecule has 5 aromatic rings. The molecule has 0 bridgehead atoms. The molecule has 0 atom stereocenters. The Morgan fingerprint density at radius 2 is 1.07 bits per heavy atom. The van der Waals surface area contributed by atoms with Crippen LogP contribution in [-0.4, -0.2) is 34.0 Å². The molecule has 3 aliphatic heterocycles. The summed E-state index contributed by atoms with van der Waals surface area (Å²) < 4.78 is 0. The predicted octanol–water partition coefficient (Wildman–Crippen LogP) is 6.93. The molecule has 0 amide bonds. The highest BCUT2D eigenvalue weighted by molar-refractivity contribution is 6.27. The fourth-order valence-electron chi connectivity index (χ4n) is 5.58. The van der Waals surface area contributed by atoms with Crippen LogP contribution >= 0.6 is 0 Å². The Kier molecular flexibility index (Phi) is 5.05. The third-order valence-corrected chi connectivity index (χ3v) is 7.56. The standard InChI is InChI=1S/C34H23N7/c1-19-21-11-3-5-13-23(21)29(35-19)37-31-25-15-7-9-17-27(25)33(39-31)41-34-28-18-10-8-16-26(28)32(40-34)38-30-24-14-6-4-12-22(24)20(2)36-30/h3-18,40H,1H2,2H3,(H,35,37,39,41)/b38-30-. The third kappa shape index (κ3) is 3.71. The van der Waals surface area contributed by atoms with Crippen molar-refractivity contribution in [3.63, 3.8) is 0 Å². The van der Waals surface area contributed by atoms with Crippen molar-refractivity contribution >= 4 is 57.2 Å². The second kappa shape index (κ2) is 8.93. The second-order valence-electron chi connectivity index (χ2n) is 10.1. The van der Waals surface area contributed by atoms with Crippen LogP contribution in [0.25, 0.3) is 16.5 Å². The Labute approximate surface area is 236 Å². The molecule has 0 unspecified atom stereocenters. The van der Waals surface area contributed by atoms with Crippen molar-refractivity contribution in [3.8, 4) is 0 Å². The van der Waals surface area contributed by atoms with Gasteiger partial charge in [-0.1, -0.05) is 104 Å². The summed E-state index contributed by atoms with van der Waals surface area (Å²) in [5.74, 6) is 4.02. The van der Waals surface area contributed by atoms with Crippen LogP contribution < -0.4 is 5.32 Å². The number of hydrogen-bond donors (Lipinski definition) is 2. The lowest BCUT2D eigenvalue weighted by Gasteiger charge is -2.01. The lowest BCUT2D eigenvalue weighted by Crippen LogP contribution is -2.16. The predicted molar refractivity (Wildman–Crippen MR) is 167 cm³/mol. The first-order valence-electron chi connectivity index (χ1n) is 13.4. The minimum Gasteiger partial charge on any atom is -0.340 e. The minimum atomic E-state index is 0.594. The van der Waals surface area contributed by atoms with E-state index in [9.17, 15) is 0 Å². The van der Waals surface area contributed by atoms with Gasteiger partial charge in [0.1, 0.15) is 17.5 Å². The number of fused-ring (bicyclic) bond motifs is 4. The number of amidine groups is 4. The van der Waals surface area contributed by atoms with E-state index < -0.39 is 0 Å². The molecule has 2 N–H and O–H groups in total. The topological polar surface area (TPSA) is 89.6 Å². The first-order chi connectivity index (χ1) is 20.1. The van der Waals surface area contributed by atoms with E-state index in [2.05, 4.69) is 29.0 Å². The van der Waals surface area contributed by atoms with E-state index in [0.29, 0.717) is 29.1 Å². The highest BCUT2D eigenvalue weighted by atomic mass is 15.1. The Balaban J connectivity index is 1.25. The van der Waals surface area contributed by atoms with Gasteiger partial charge in [-0.15, -0.1) is 0 Å². The van der Waals surface area contributed by atoms with Crippen LogP contribution in [0.4, 0.5) is 11.6 Å². The Hall–Kier alpha value is -5.69. The molecule has 8 rings (SSSR count). The van der Waals surface area contributed by atoms with Crippen molar-refractivity contribution in [3.05, 3.63) is 137 Å². The summed E-state index contributed by atoms with van der Waals surface area (Å²) in [6.45, 7) is 6.15. The monoisotopic (exact) mass is 529 g/mol. The summed E-state index contributed by atoms with van der Waals surface area (Å²) >= 11 is 0. The van der Waals surface area contributed by atoms with E-state index in [0.717, 1.165) is 61.4 Å². The number of rotatable bonds is 2. The van der Waals surface area contributed by atoms with Gasteiger partial charge in [0.2, 0.25) is 0 Å². The van der Waals surface area contributed by atoms with Crippen LogP contribution in [0.1, 0.15) is 40.3 Å². The molecular formula is C34H23N7. The first-order valence-corrected chi connectivity index (χ1v) is 13.4. The summed E-state index contributed by atoms with van der Waals surface area (Å²) in [5, 5.41) is 5.25. The summed E-state index contributed by atoms with van der Waals surface area (Å²) in [5.41, 5.74) is 7.84. The molecule has 4 aromatic carbocycles. The van der Waals surface area contributed by atoms with Gasteiger partial charge in [0.05, 0.1) is 0 Å². The number of nitrogens with zero attached hydrogens (tertiary/aromatic N) is 5. The molecular weight excluding hydrogens is 506 g/mol. The van der Waals surface area contributed by atoms with Crippen LogP contribution in [0.2, 0.25) is 0 Å². The maximum absolute atomic E-state index is 5.03. The fraction of sp³-hybridized carbons (Fsp3) is 0.0294. The maximum Gasteiger partial charge on any atom is 0.164 e. The van der Waals surface area contributed by atoms with E-state index in [-0.39, 0.29) is 0 Å². The molecule has 7 heteroatoms. The van der Waals surface area contributed by atoms with Gasteiger partial charge in [0.15, 0.2) is 17.5 Å². The van der Waals surface area contributed by atoms with Gasteiger partial charge in [-0.05, 0) is 6.92 Å². The van der Waals surface area contributed by atoms with Crippen molar-refractivity contribution in [1.82, 2.24) is 10.3 Å². The number of aliphatic imine (C=N–C) groups is 5. The van der Waals surface area contributed by atoms with Crippen molar-refractivity contribution < 1.29 is 0 Å². The molecule has 194 valence electrons. The quantitative estimate of drug-likeness (QED) is 0.255. The summed E-state index contributed by atoms with van der Waals surface area (Å²) in [4.78, 5) is 28.0. The molecule has 7 nitrogen and oxygen atoms in total. The van der Waals surface area contributed by atoms with Crippen molar-refractivity contribution in [1.29, 1.82) is 0 Å². The normalized spacial score (nSPS) is 18.1. The summed E-state index contributed by atoms with van der Waals surface area (Å²) in [7, 11) is 0. The van der Waals surface area contributed by atoms with E-state index in [1.165, 1.54) is 0 Å². The highest BCUT2D eigenvalue weighted by Gasteiger charge is 2.26. The van der Waals surface area contributed by atoms with Crippen LogP contribution in [0.15, 0.2) is 129 Å². The zero-order valence-corrected chi connectivity index (χ0v) is 22.2. The highest BCUT2D eigenvalue weighted by Crippen LogP contribution is 2.36. The molecule has 1 aromatic heterocycles. The van der Waals surface area contributed by atoms with Gasteiger partial charge in [0, 0.05) is 55.6 Å². The molecule has 4 heterocycles. The second-order valence-corrected chi connectivity index (χ2v) is 10.1. The molecule has 0 radical (unpaired) electrons. The molecule has 0 aliphatic carbocycles. The van der Waals surface area contributed by atoms with Crippen LogP contribution in [0.3, 0.4) is 0 Å². The lowest BCUT2D eigenvalue weighted by atomic mass is 10.1. The molecule has 41 heavy (non-hydrogen) atoms. The van der Waals surface area contributed by atoms with Gasteiger partial charge >= 0.3 is 0 Å². The lowest BCUT2D eigenvalue weighted by molar-refractivity contribution is 1.29. The number of hydrogen-bond acceptors (Lipinski definition) is 3. The zero-order valence-electron chi connectivity index (χ0n) is 22.2. The molecule has 0 saturated carbocycles. The number of aromatic amines is 1. The zero-order chi connectivity index (χ0) is 27.5. The maximum atomic E-state index is 5.03. The molecule has 0 saturated heterocycles. The third-order valence-electron chi connectivity index (χ3n) is 7.56. The van der Waals surface area contributed by atoms with Gasteiger partial charge < -0.3 is 10.3 Å². The number of benzene rings is 4. The van der Waals surface area contributed by atoms with Gasteiger partial charge in [0.25, 0.3) is 0 Å². The van der Waals surface area contributed by atoms with Gasteiger partial charge in [-0.2, -0.15) is 0 Å². The number of nitrogens with one attached hydrogen (secondary N) is 2. The van der Waals surface area contributed by atoms with Crippen LogP contribution in [-0.2, 0) is 0 Å². The molecule has 3 aliphatic rings. The van der Waals surface area contributed by atoms with Crippen molar-refractivity contribution in [2.45, 2.75) is 6.92 Å². The SMILES string of the molecule is C=C1NC(=NC2=N/C(=N\c3[nH]c(/N=C4\N=C(C)c5ccccc54)c4ccccc34)c3ccccc32)c2ccccc21. The summed E-state index contributed by atoms with van der Waals surface area (Å²) in [6.07, 6.45) is 0. The van der Waals surface area contributed by atoms with E-state index in [1.54, 1.807) is 0 Å². The smallest absolute Gasteiger partial charge is 0.164 e. The van der Waals surface area contributed by atoms with Crippen LogP contribution in [0, 0.1) is 0 Å². The molecule has 0 spiro atoms. The van der Waals surface area contributed by atoms with Crippen LogP contribution in [0.5, 0.6) is 0 Å². The van der Waals surface area contributed by atoms with Crippen molar-refractivity contribution in [2.24, 2.45) is 25.0 Å². The number of H-pyrrole nitrogens is 1. The van der Waals surface area contributed by atoms with Gasteiger partial charge in [-0.3, -0.25) is 0 Å². The summed E-state index contributed by atoms with van der Waals surface area (Å²) in [6, 6.07) is 32.4. The molecule has 0 fully saturated rings. The largest absolute Gasteiger partial charge is 0.340 e. The Morgan fingerprint density at radius 1 is 0.561 bits per heavy atom. The van der Waals surface area contributed by atoms with E-state index in [4.69, 9.17) is 25.0 Å². The number of aromatic nitrogens is 1. The average molecular weight is 530 g/mol. The Bertz CT molecular complexity index is 2100. The van der Waals surface area contributed by atoms with E-state index >= 15 is 0 Å². The van der Waals surface area contributed by atoms with Crippen molar-refractivity contribution in [2.75, 3.05) is 0 Å². The Morgan fingerprint density at radius 3 is 1.76 bits per heavy atom. The first kappa shape index (κ1) is 23.2. The van der Waals surface area contributed by atoms with E-state index in [1.807, 2.05) is 91.9 Å². The minimum absolute atomic E-state index is 0.594. The average Bonchev–Trinajstić information content (AvgIpc) is 3.73. The fourth-order valence-corrected chi connectivity index (χ4v) is 5.58.